The second-order valence-electron chi connectivity index (χ2n) is 4.59. The number of nitrogens with zero attached hydrogens (tertiary/aromatic N) is 1. The molecule has 0 radical (unpaired) electrons. The molecule has 0 spiro atoms. The highest BCUT2D eigenvalue weighted by Crippen LogP contribution is 2.18. The summed E-state index contributed by atoms with van der Waals surface area (Å²) in [6.45, 7) is 1.39. The average Bonchev–Trinajstić information content (AvgIpc) is 2.48. The molecule has 1 N–H and O–H groups in total. The molecule has 1 aromatic rings. The highest BCUT2D eigenvalue weighted by atomic mass is 16.5. The summed E-state index contributed by atoms with van der Waals surface area (Å²) in [5, 5.41) is 2.99. The van der Waals surface area contributed by atoms with E-state index >= 15 is 0 Å². The Balaban J connectivity index is 1.96. The van der Waals surface area contributed by atoms with Crippen LogP contribution in [-0.4, -0.2) is 43.5 Å². The molecule has 1 aromatic carbocycles. The van der Waals surface area contributed by atoms with Crippen molar-refractivity contribution in [3.05, 3.63) is 29.8 Å². The minimum atomic E-state index is -0.123. The number of carbonyl (C=O) groups excluding carboxylic acids is 2. The summed E-state index contributed by atoms with van der Waals surface area (Å²) >= 11 is 0. The molecule has 102 valence electrons. The van der Waals surface area contributed by atoms with E-state index < -0.39 is 0 Å². The first kappa shape index (κ1) is 13.4. The largest absolute Gasteiger partial charge is 0.496 e. The molecule has 0 aliphatic carbocycles. The second-order valence-corrected chi connectivity index (χ2v) is 4.59. The summed E-state index contributed by atoms with van der Waals surface area (Å²) in [4.78, 5) is 24.5. The number of hydrogen-bond acceptors (Lipinski definition) is 3. The van der Waals surface area contributed by atoms with Crippen LogP contribution in [-0.2, 0) is 4.79 Å². The van der Waals surface area contributed by atoms with E-state index in [0.29, 0.717) is 24.4 Å². The Bertz CT molecular complexity index is 454. The Hall–Kier alpha value is -2.04. The smallest absolute Gasteiger partial charge is 0.255 e. The van der Waals surface area contributed by atoms with Gasteiger partial charge in [-0.3, -0.25) is 9.59 Å². The second kappa shape index (κ2) is 6.22. The highest BCUT2D eigenvalue weighted by molar-refractivity contribution is 5.97. The van der Waals surface area contributed by atoms with Crippen molar-refractivity contribution in [2.75, 3.05) is 20.2 Å². The van der Waals surface area contributed by atoms with Gasteiger partial charge in [-0.15, -0.1) is 0 Å². The molecule has 0 saturated carbocycles. The number of benzene rings is 1. The predicted octanol–water partition coefficient (Wildman–Crippen LogP) is 1.05. The zero-order chi connectivity index (χ0) is 13.7. The minimum Gasteiger partial charge on any atom is -0.496 e. The van der Waals surface area contributed by atoms with Gasteiger partial charge >= 0.3 is 0 Å². The molecule has 5 nitrogen and oxygen atoms in total. The quantitative estimate of drug-likeness (QED) is 0.825. The molecule has 1 aliphatic rings. The number of likely N-dealkylation sites (tertiary alicyclic amines) is 1. The van der Waals surface area contributed by atoms with E-state index in [0.717, 1.165) is 19.3 Å². The molecule has 0 atom stereocenters. The number of nitrogens with one attached hydrogen (secondary N) is 1. The van der Waals surface area contributed by atoms with Crippen molar-refractivity contribution >= 4 is 12.3 Å². The zero-order valence-corrected chi connectivity index (χ0v) is 11.0. The maximum Gasteiger partial charge on any atom is 0.255 e. The first-order chi connectivity index (χ1) is 9.24. The lowest BCUT2D eigenvalue weighted by Gasteiger charge is -2.29. The predicted molar refractivity (Wildman–Crippen MR) is 71.1 cm³/mol. The molecule has 5 heteroatoms. The van der Waals surface area contributed by atoms with Gasteiger partial charge in [-0.1, -0.05) is 12.1 Å². The molecule has 2 rings (SSSR count). The van der Waals surface area contributed by atoms with Gasteiger partial charge in [0.1, 0.15) is 5.75 Å². The number of para-hydroxylation sites is 1. The van der Waals surface area contributed by atoms with Crippen LogP contribution in [0.25, 0.3) is 0 Å². The van der Waals surface area contributed by atoms with E-state index in [2.05, 4.69) is 5.32 Å². The van der Waals surface area contributed by atoms with Gasteiger partial charge in [0, 0.05) is 19.1 Å². The normalized spacial score (nSPS) is 15.9. The van der Waals surface area contributed by atoms with Gasteiger partial charge in [-0.05, 0) is 25.0 Å². The maximum absolute atomic E-state index is 12.2. The van der Waals surface area contributed by atoms with Crippen molar-refractivity contribution in [1.82, 2.24) is 10.2 Å². The van der Waals surface area contributed by atoms with Gasteiger partial charge in [0.15, 0.2) is 0 Å². The van der Waals surface area contributed by atoms with E-state index in [1.54, 1.807) is 24.1 Å². The first-order valence-electron chi connectivity index (χ1n) is 6.38. The lowest BCUT2D eigenvalue weighted by atomic mass is 10.0. The van der Waals surface area contributed by atoms with Gasteiger partial charge in [0.05, 0.1) is 12.7 Å². The summed E-state index contributed by atoms with van der Waals surface area (Å²) in [6, 6.07) is 7.28. The number of rotatable bonds is 4. The summed E-state index contributed by atoms with van der Waals surface area (Å²) in [5.41, 5.74) is 0.544. The highest BCUT2D eigenvalue weighted by Gasteiger charge is 2.21. The molecule has 1 heterocycles. The van der Waals surface area contributed by atoms with Crippen LogP contribution in [0.15, 0.2) is 24.3 Å². The van der Waals surface area contributed by atoms with E-state index in [-0.39, 0.29) is 11.9 Å². The maximum atomic E-state index is 12.2. The molecular weight excluding hydrogens is 244 g/mol. The van der Waals surface area contributed by atoms with Crippen LogP contribution in [0, 0.1) is 0 Å². The Labute approximate surface area is 112 Å². The van der Waals surface area contributed by atoms with E-state index in [4.69, 9.17) is 4.74 Å². The van der Waals surface area contributed by atoms with Gasteiger partial charge in [-0.25, -0.2) is 0 Å². The molecule has 1 saturated heterocycles. The lowest BCUT2D eigenvalue weighted by Crippen LogP contribution is -2.44. The molecule has 0 bridgehead atoms. The van der Waals surface area contributed by atoms with E-state index in [1.165, 1.54) is 0 Å². The third-order valence-corrected chi connectivity index (χ3v) is 3.37. The molecule has 1 aliphatic heterocycles. The van der Waals surface area contributed by atoms with Crippen molar-refractivity contribution in [3.63, 3.8) is 0 Å². The fraction of sp³-hybridized carbons (Fsp3) is 0.429. The van der Waals surface area contributed by atoms with Crippen LogP contribution in [0.2, 0.25) is 0 Å². The standard InChI is InChI=1S/C14H18N2O3/c1-19-13-5-3-2-4-12(13)14(18)15-11-6-8-16(10-17)9-7-11/h2-5,10-11H,6-9H2,1H3,(H,15,18). The topological polar surface area (TPSA) is 58.6 Å². The summed E-state index contributed by atoms with van der Waals surface area (Å²) in [5.74, 6) is 0.451. The molecule has 0 unspecified atom stereocenters. The summed E-state index contributed by atoms with van der Waals surface area (Å²) in [6.07, 6.45) is 2.44. The molecular formula is C14H18N2O3. The van der Waals surface area contributed by atoms with Crippen molar-refractivity contribution in [1.29, 1.82) is 0 Å². The number of piperidine rings is 1. The third-order valence-electron chi connectivity index (χ3n) is 3.37. The fourth-order valence-electron chi connectivity index (χ4n) is 2.24. The molecule has 0 aromatic heterocycles. The van der Waals surface area contributed by atoms with Gasteiger partial charge < -0.3 is 15.0 Å². The minimum absolute atomic E-state index is 0.119. The third kappa shape index (κ3) is 3.24. The molecule has 19 heavy (non-hydrogen) atoms. The van der Waals surface area contributed by atoms with Gasteiger partial charge in [-0.2, -0.15) is 0 Å². The summed E-state index contributed by atoms with van der Waals surface area (Å²) < 4.78 is 5.17. The van der Waals surface area contributed by atoms with E-state index in [1.807, 2.05) is 12.1 Å². The Kier molecular flexibility index (Phi) is 4.39. The van der Waals surface area contributed by atoms with Crippen LogP contribution >= 0.6 is 0 Å². The Morgan fingerprint density at radius 1 is 1.37 bits per heavy atom. The van der Waals surface area contributed by atoms with E-state index in [9.17, 15) is 9.59 Å². The Morgan fingerprint density at radius 2 is 2.05 bits per heavy atom. The fourth-order valence-corrected chi connectivity index (χ4v) is 2.24. The van der Waals surface area contributed by atoms with Crippen LogP contribution in [0.5, 0.6) is 5.75 Å². The zero-order valence-electron chi connectivity index (χ0n) is 11.0. The van der Waals surface area contributed by atoms with Crippen molar-refractivity contribution in [2.24, 2.45) is 0 Å². The summed E-state index contributed by atoms with van der Waals surface area (Å²) in [7, 11) is 1.55. The number of hydrogen-bond donors (Lipinski definition) is 1. The van der Waals surface area contributed by atoms with Crippen molar-refractivity contribution < 1.29 is 14.3 Å². The monoisotopic (exact) mass is 262 g/mol. The molecule has 1 fully saturated rings. The van der Waals surface area contributed by atoms with Crippen LogP contribution in [0.4, 0.5) is 0 Å². The SMILES string of the molecule is COc1ccccc1C(=O)NC1CCN(C=O)CC1. The van der Waals surface area contributed by atoms with Crippen LogP contribution < -0.4 is 10.1 Å². The Morgan fingerprint density at radius 3 is 2.68 bits per heavy atom. The lowest BCUT2D eigenvalue weighted by molar-refractivity contribution is -0.119. The molecule has 2 amide bonds. The number of ether oxygens (including phenoxy) is 1. The number of amides is 2. The van der Waals surface area contributed by atoms with Gasteiger partial charge in [0.25, 0.3) is 5.91 Å². The number of carbonyl (C=O) groups is 2. The van der Waals surface area contributed by atoms with Gasteiger partial charge in [0.2, 0.25) is 6.41 Å². The van der Waals surface area contributed by atoms with Crippen LogP contribution in [0.1, 0.15) is 23.2 Å². The van der Waals surface area contributed by atoms with Crippen molar-refractivity contribution in [2.45, 2.75) is 18.9 Å². The van der Waals surface area contributed by atoms with Crippen molar-refractivity contribution in [3.8, 4) is 5.75 Å². The van der Waals surface area contributed by atoms with Crippen LogP contribution in [0.3, 0.4) is 0 Å². The number of methoxy groups -OCH3 is 1. The first-order valence-corrected chi connectivity index (χ1v) is 6.38. The average molecular weight is 262 g/mol.